The third-order valence-corrected chi connectivity index (χ3v) is 2.33. The van der Waals surface area contributed by atoms with Crippen LogP contribution in [0.2, 0.25) is 0 Å². The molecule has 0 saturated carbocycles. The highest BCUT2D eigenvalue weighted by atomic mass is 31.2. The topological polar surface area (TPSA) is 97.7 Å². The number of nitrogens with zero attached hydrogens (tertiary/aromatic N) is 1. The zero-order valence-electron chi connectivity index (χ0n) is 8.59. The SMILES string of the molecule is N#CCCOP(O)OCCCCCON. The van der Waals surface area contributed by atoms with Crippen LogP contribution in [0, 0.1) is 11.3 Å². The summed E-state index contributed by atoms with van der Waals surface area (Å²) in [7, 11) is -1.82. The molecular formula is C8H17N2O4P. The number of unbranched alkanes of at least 4 members (excludes halogenated alkanes) is 2. The molecule has 1 atom stereocenters. The van der Waals surface area contributed by atoms with Crippen LogP contribution in [-0.2, 0) is 13.9 Å². The van der Waals surface area contributed by atoms with Gasteiger partial charge in [-0.05, 0) is 19.3 Å². The molecule has 0 amide bonds. The molecule has 3 N–H and O–H groups in total. The van der Waals surface area contributed by atoms with E-state index < -0.39 is 8.60 Å². The highest BCUT2D eigenvalue weighted by Gasteiger charge is 2.05. The molecule has 0 spiro atoms. The molecule has 0 bridgehead atoms. The summed E-state index contributed by atoms with van der Waals surface area (Å²) in [5, 5.41) is 8.21. The van der Waals surface area contributed by atoms with Gasteiger partial charge in [-0.25, -0.2) is 5.90 Å². The second kappa shape index (κ2) is 11.8. The number of hydrogen-bond acceptors (Lipinski definition) is 6. The molecule has 0 aliphatic rings. The van der Waals surface area contributed by atoms with Gasteiger partial charge in [0.05, 0.1) is 32.3 Å². The number of nitrogens with two attached hydrogens (primary N) is 1. The third-order valence-electron chi connectivity index (χ3n) is 1.52. The molecule has 0 aromatic heterocycles. The lowest BCUT2D eigenvalue weighted by molar-refractivity contribution is 0.131. The predicted octanol–water partition coefficient (Wildman–Crippen LogP) is 1.21. The summed E-state index contributed by atoms with van der Waals surface area (Å²) in [6.45, 7) is 1.19. The summed E-state index contributed by atoms with van der Waals surface area (Å²) in [5.41, 5.74) is 0. The summed E-state index contributed by atoms with van der Waals surface area (Å²) in [6, 6.07) is 1.91. The largest absolute Gasteiger partial charge is 0.329 e. The van der Waals surface area contributed by atoms with Gasteiger partial charge in [-0.15, -0.1) is 0 Å². The Hall–Kier alpha value is -0.280. The van der Waals surface area contributed by atoms with Crippen LogP contribution in [0.5, 0.6) is 0 Å². The van der Waals surface area contributed by atoms with E-state index in [1.165, 1.54) is 0 Å². The van der Waals surface area contributed by atoms with Crippen molar-refractivity contribution >= 4 is 8.60 Å². The molecule has 15 heavy (non-hydrogen) atoms. The van der Waals surface area contributed by atoms with Gasteiger partial charge < -0.3 is 18.8 Å². The Bertz CT molecular complexity index is 177. The van der Waals surface area contributed by atoms with Crippen LogP contribution in [-0.4, -0.2) is 24.7 Å². The zero-order chi connectivity index (χ0) is 11.4. The Balaban J connectivity index is 3.10. The molecule has 7 heteroatoms. The molecule has 0 heterocycles. The second-order valence-corrected chi connectivity index (χ2v) is 3.74. The van der Waals surface area contributed by atoms with E-state index in [4.69, 9.17) is 25.1 Å². The predicted molar refractivity (Wildman–Crippen MR) is 55.3 cm³/mol. The van der Waals surface area contributed by atoms with Crippen LogP contribution in [0.4, 0.5) is 0 Å². The maximum Gasteiger partial charge on any atom is 0.329 e. The van der Waals surface area contributed by atoms with E-state index in [-0.39, 0.29) is 13.0 Å². The van der Waals surface area contributed by atoms with E-state index in [9.17, 15) is 0 Å². The van der Waals surface area contributed by atoms with Crippen LogP contribution in [0.25, 0.3) is 0 Å². The maximum atomic E-state index is 9.14. The van der Waals surface area contributed by atoms with E-state index in [0.717, 1.165) is 19.3 Å². The molecule has 1 unspecified atom stereocenters. The monoisotopic (exact) mass is 236 g/mol. The minimum atomic E-state index is -1.82. The normalized spacial score (nSPS) is 12.3. The average molecular weight is 236 g/mol. The fourth-order valence-corrected chi connectivity index (χ4v) is 1.42. The Morgan fingerprint density at radius 2 is 1.80 bits per heavy atom. The van der Waals surface area contributed by atoms with Crippen LogP contribution in [0.15, 0.2) is 0 Å². The van der Waals surface area contributed by atoms with Gasteiger partial charge in [0.15, 0.2) is 0 Å². The number of nitriles is 1. The van der Waals surface area contributed by atoms with E-state index in [0.29, 0.717) is 13.2 Å². The summed E-state index contributed by atoms with van der Waals surface area (Å²) in [5.74, 6) is 4.85. The molecule has 0 radical (unpaired) electrons. The number of hydrogen-bond donors (Lipinski definition) is 2. The van der Waals surface area contributed by atoms with Gasteiger partial charge in [0, 0.05) is 0 Å². The molecule has 0 aromatic rings. The standard InChI is InChI=1S/C8H17N2O4P/c9-5-4-8-14-15(11)13-7-3-1-2-6-12-10/h11H,1-4,6-8,10H2. The molecule has 0 saturated heterocycles. The average Bonchev–Trinajstić information content (AvgIpc) is 2.23. The van der Waals surface area contributed by atoms with E-state index >= 15 is 0 Å². The van der Waals surface area contributed by atoms with Crippen molar-refractivity contribution in [2.75, 3.05) is 19.8 Å². The number of rotatable bonds is 10. The second-order valence-electron chi connectivity index (χ2n) is 2.74. The molecule has 0 rings (SSSR count). The first-order valence-corrected chi connectivity index (χ1v) is 5.87. The molecule has 0 aliphatic carbocycles. The maximum absolute atomic E-state index is 9.14. The lowest BCUT2D eigenvalue weighted by Gasteiger charge is -2.09. The first kappa shape index (κ1) is 14.7. The Kier molecular flexibility index (Phi) is 11.6. The van der Waals surface area contributed by atoms with Gasteiger partial charge in [0.25, 0.3) is 0 Å². The van der Waals surface area contributed by atoms with Crippen molar-refractivity contribution in [2.45, 2.75) is 25.7 Å². The van der Waals surface area contributed by atoms with Gasteiger partial charge in [0.1, 0.15) is 0 Å². The fraction of sp³-hybridized carbons (Fsp3) is 0.875. The Morgan fingerprint density at radius 3 is 2.47 bits per heavy atom. The molecular weight excluding hydrogens is 219 g/mol. The highest BCUT2D eigenvalue weighted by molar-refractivity contribution is 7.40. The van der Waals surface area contributed by atoms with Gasteiger partial charge in [0.2, 0.25) is 0 Å². The summed E-state index contributed by atoms with van der Waals surface area (Å²) in [6.07, 6.45) is 2.89. The van der Waals surface area contributed by atoms with E-state index in [2.05, 4.69) is 4.84 Å². The van der Waals surface area contributed by atoms with Gasteiger partial charge in [-0.2, -0.15) is 5.26 Å². The first-order chi connectivity index (χ1) is 7.31. The summed E-state index contributed by atoms with van der Waals surface area (Å²) in [4.78, 5) is 13.5. The van der Waals surface area contributed by atoms with Crippen molar-refractivity contribution in [3.63, 3.8) is 0 Å². The van der Waals surface area contributed by atoms with Crippen molar-refractivity contribution in [1.29, 1.82) is 5.26 Å². The van der Waals surface area contributed by atoms with Crippen molar-refractivity contribution in [1.82, 2.24) is 0 Å². The third kappa shape index (κ3) is 11.6. The molecule has 0 aromatic carbocycles. The van der Waals surface area contributed by atoms with E-state index in [1.807, 2.05) is 6.07 Å². The van der Waals surface area contributed by atoms with Crippen LogP contribution >= 0.6 is 8.60 Å². The fourth-order valence-electron chi connectivity index (χ4n) is 0.814. The van der Waals surface area contributed by atoms with Crippen molar-refractivity contribution in [2.24, 2.45) is 5.90 Å². The minimum absolute atomic E-state index is 0.208. The van der Waals surface area contributed by atoms with Crippen molar-refractivity contribution in [3.8, 4) is 6.07 Å². The Morgan fingerprint density at radius 1 is 1.13 bits per heavy atom. The lowest BCUT2D eigenvalue weighted by Crippen LogP contribution is -2.01. The zero-order valence-corrected chi connectivity index (χ0v) is 9.49. The molecule has 6 nitrogen and oxygen atoms in total. The van der Waals surface area contributed by atoms with Crippen LogP contribution < -0.4 is 5.90 Å². The molecule has 0 fully saturated rings. The summed E-state index contributed by atoms with van der Waals surface area (Å²) < 4.78 is 9.83. The Labute approximate surface area is 90.9 Å². The van der Waals surface area contributed by atoms with Crippen LogP contribution in [0.1, 0.15) is 25.7 Å². The quantitative estimate of drug-likeness (QED) is 0.336. The van der Waals surface area contributed by atoms with Crippen molar-refractivity contribution < 1.29 is 18.8 Å². The van der Waals surface area contributed by atoms with Crippen molar-refractivity contribution in [3.05, 3.63) is 0 Å². The van der Waals surface area contributed by atoms with E-state index in [1.54, 1.807) is 0 Å². The van der Waals surface area contributed by atoms with Gasteiger partial charge >= 0.3 is 8.60 Å². The first-order valence-electron chi connectivity index (χ1n) is 4.74. The van der Waals surface area contributed by atoms with Gasteiger partial charge in [-0.1, -0.05) is 0 Å². The van der Waals surface area contributed by atoms with Gasteiger partial charge in [-0.3, -0.25) is 0 Å². The van der Waals surface area contributed by atoms with Crippen LogP contribution in [0.3, 0.4) is 0 Å². The smallest absolute Gasteiger partial charge is 0.328 e. The highest BCUT2D eigenvalue weighted by Crippen LogP contribution is 2.32. The molecule has 88 valence electrons. The minimum Gasteiger partial charge on any atom is -0.328 e. The lowest BCUT2D eigenvalue weighted by atomic mass is 10.2. The summed E-state index contributed by atoms with van der Waals surface area (Å²) >= 11 is 0. The molecule has 0 aliphatic heterocycles.